The Hall–Kier alpha value is -1.84. The third-order valence-electron chi connectivity index (χ3n) is 2.00. The smallest absolute Gasteiger partial charge is 0.261 e. The molecule has 102 valence electrons. The van der Waals surface area contributed by atoms with E-state index in [2.05, 4.69) is 22.5 Å². The van der Waals surface area contributed by atoms with Crippen molar-refractivity contribution in [3.05, 3.63) is 21.9 Å². The van der Waals surface area contributed by atoms with Crippen LogP contribution in [-0.2, 0) is 4.79 Å². The van der Waals surface area contributed by atoms with Gasteiger partial charge in [0.05, 0.1) is 22.8 Å². The highest BCUT2D eigenvalue weighted by Crippen LogP contribution is 2.14. The predicted molar refractivity (Wildman–Crippen MR) is 75.9 cm³/mol. The highest BCUT2D eigenvalue weighted by molar-refractivity contribution is 7.14. The molecule has 2 amide bonds. The second kappa shape index (κ2) is 7.56. The molecule has 1 rings (SSSR count). The molecule has 4 N–H and O–H groups in total. The summed E-state index contributed by atoms with van der Waals surface area (Å²) in [7, 11) is 0. The Bertz CT molecular complexity index is 511. The fraction of sp³-hybridized carbons (Fsp3) is 0.385. The largest absolute Gasteiger partial charge is 0.352 e. The van der Waals surface area contributed by atoms with Crippen molar-refractivity contribution >= 4 is 23.2 Å². The first-order valence-corrected chi connectivity index (χ1v) is 6.71. The van der Waals surface area contributed by atoms with Crippen molar-refractivity contribution in [1.82, 2.24) is 10.6 Å². The third kappa shape index (κ3) is 5.55. The average Bonchev–Trinajstić information content (AvgIpc) is 2.81. The molecular formula is C13H17N3O2S. The normalized spacial score (nSPS) is 9.68. The maximum absolute atomic E-state index is 11.8. The highest BCUT2D eigenvalue weighted by atomic mass is 32.1. The van der Waals surface area contributed by atoms with Gasteiger partial charge in [0.2, 0.25) is 5.91 Å². The molecule has 0 fully saturated rings. The van der Waals surface area contributed by atoms with E-state index in [9.17, 15) is 9.59 Å². The lowest BCUT2D eigenvalue weighted by atomic mass is 10.3. The summed E-state index contributed by atoms with van der Waals surface area (Å²) in [4.78, 5) is 24.5. The molecule has 1 aromatic heterocycles. The molecule has 0 spiro atoms. The van der Waals surface area contributed by atoms with Crippen LogP contribution >= 0.6 is 11.3 Å². The van der Waals surface area contributed by atoms with Crippen molar-refractivity contribution < 1.29 is 9.59 Å². The quantitative estimate of drug-likeness (QED) is 0.694. The first kappa shape index (κ1) is 15.2. The lowest BCUT2D eigenvalue weighted by molar-refractivity contribution is -0.120. The maximum atomic E-state index is 11.8. The van der Waals surface area contributed by atoms with Gasteiger partial charge in [0, 0.05) is 6.04 Å². The third-order valence-corrected chi connectivity index (χ3v) is 3.00. The van der Waals surface area contributed by atoms with E-state index in [-0.39, 0.29) is 30.9 Å². The fourth-order valence-electron chi connectivity index (χ4n) is 1.29. The van der Waals surface area contributed by atoms with E-state index < -0.39 is 0 Å². The zero-order valence-electron chi connectivity index (χ0n) is 10.9. The van der Waals surface area contributed by atoms with Gasteiger partial charge in [-0.2, -0.15) is 0 Å². The van der Waals surface area contributed by atoms with Crippen LogP contribution in [0.4, 0.5) is 0 Å². The first-order chi connectivity index (χ1) is 9.02. The minimum absolute atomic E-state index is 0.0290. The average molecular weight is 279 g/mol. The number of hydrogen-bond acceptors (Lipinski definition) is 4. The van der Waals surface area contributed by atoms with Crippen molar-refractivity contribution in [3.8, 4) is 11.8 Å². The Balaban J connectivity index is 2.50. The van der Waals surface area contributed by atoms with Crippen molar-refractivity contribution in [2.45, 2.75) is 19.9 Å². The zero-order valence-corrected chi connectivity index (χ0v) is 11.8. The van der Waals surface area contributed by atoms with Gasteiger partial charge in [0.15, 0.2) is 0 Å². The molecule has 19 heavy (non-hydrogen) atoms. The highest BCUT2D eigenvalue weighted by Gasteiger charge is 2.10. The number of carbonyl (C=O) groups excluding carboxylic acids is 2. The lowest BCUT2D eigenvalue weighted by Gasteiger charge is -2.08. The predicted octanol–water partition coefficient (Wildman–Crippen LogP) is 0.313. The van der Waals surface area contributed by atoms with Crippen molar-refractivity contribution in [2.75, 3.05) is 13.1 Å². The van der Waals surface area contributed by atoms with Gasteiger partial charge in [-0.1, -0.05) is 11.8 Å². The fourth-order valence-corrected chi connectivity index (χ4v) is 2.08. The van der Waals surface area contributed by atoms with Gasteiger partial charge < -0.3 is 16.4 Å². The summed E-state index contributed by atoms with van der Waals surface area (Å²) in [5, 5.41) is 5.26. The number of amides is 2. The van der Waals surface area contributed by atoms with Gasteiger partial charge in [-0.25, -0.2) is 0 Å². The summed E-state index contributed by atoms with van der Waals surface area (Å²) in [6, 6.07) is 3.50. The van der Waals surface area contributed by atoms with Crippen molar-refractivity contribution in [1.29, 1.82) is 0 Å². The van der Waals surface area contributed by atoms with E-state index in [1.807, 2.05) is 13.8 Å². The minimum Gasteiger partial charge on any atom is -0.352 e. The number of rotatable bonds is 4. The Kier molecular flexibility index (Phi) is 6.06. The van der Waals surface area contributed by atoms with E-state index in [0.29, 0.717) is 4.88 Å². The lowest BCUT2D eigenvalue weighted by Crippen LogP contribution is -2.39. The van der Waals surface area contributed by atoms with E-state index in [4.69, 9.17) is 5.73 Å². The number of thiophene rings is 1. The van der Waals surface area contributed by atoms with Crippen LogP contribution in [0.1, 0.15) is 28.4 Å². The van der Waals surface area contributed by atoms with Crippen LogP contribution in [0.15, 0.2) is 12.1 Å². The van der Waals surface area contributed by atoms with Crippen molar-refractivity contribution in [3.63, 3.8) is 0 Å². The molecule has 0 aliphatic rings. The van der Waals surface area contributed by atoms with Gasteiger partial charge in [0.1, 0.15) is 0 Å². The number of nitrogens with one attached hydrogen (secondary N) is 2. The molecule has 0 radical (unpaired) electrons. The number of nitrogens with two attached hydrogens (primary N) is 1. The summed E-state index contributed by atoms with van der Waals surface area (Å²) >= 11 is 1.27. The summed E-state index contributed by atoms with van der Waals surface area (Å²) in [5.41, 5.74) is 5.27. The minimum atomic E-state index is -0.273. The molecule has 0 bridgehead atoms. The molecule has 0 aliphatic heterocycles. The molecule has 1 heterocycles. The number of hydrogen-bond donors (Lipinski definition) is 3. The van der Waals surface area contributed by atoms with Crippen LogP contribution in [-0.4, -0.2) is 30.9 Å². The van der Waals surface area contributed by atoms with Gasteiger partial charge in [0.25, 0.3) is 5.91 Å². The molecule has 0 saturated heterocycles. The van der Waals surface area contributed by atoms with E-state index in [0.717, 1.165) is 4.88 Å². The van der Waals surface area contributed by atoms with Gasteiger partial charge in [-0.3, -0.25) is 9.59 Å². The van der Waals surface area contributed by atoms with E-state index >= 15 is 0 Å². The molecule has 0 unspecified atom stereocenters. The molecule has 0 aliphatic carbocycles. The SMILES string of the molecule is CC(C)NC(=O)CNC(=O)c1ccc(C#CCN)s1. The van der Waals surface area contributed by atoms with E-state index in [1.165, 1.54) is 11.3 Å². The topological polar surface area (TPSA) is 84.2 Å². The first-order valence-electron chi connectivity index (χ1n) is 5.89. The maximum Gasteiger partial charge on any atom is 0.261 e. The molecule has 1 aromatic rings. The Morgan fingerprint density at radius 3 is 2.79 bits per heavy atom. The van der Waals surface area contributed by atoms with Crippen LogP contribution in [0.5, 0.6) is 0 Å². The van der Waals surface area contributed by atoms with E-state index in [1.54, 1.807) is 12.1 Å². The zero-order chi connectivity index (χ0) is 14.3. The number of carbonyl (C=O) groups is 2. The Morgan fingerprint density at radius 2 is 2.16 bits per heavy atom. The van der Waals surface area contributed by atoms with Crippen LogP contribution in [0, 0.1) is 11.8 Å². The summed E-state index contributed by atoms with van der Waals surface area (Å²) in [5.74, 6) is 5.10. The van der Waals surface area contributed by atoms with Gasteiger partial charge >= 0.3 is 0 Å². The summed E-state index contributed by atoms with van der Waals surface area (Å²) in [6.45, 7) is 3.98. The van der Waals surface area contributed by atoms with Gasteiger partial charge in [-0.15, -0.1) is 11.3 Å². The molecule has 0 saturated carbocycles. The van der Waals surface area contributed by atoms with Gasteiger partial charge in [-0.05, 0) is 26.0 Å². The monoisotopic (exact) mass is 279 g/mol. The molecule has 5 nitrogen and oxygen atoms in total. The molecule has 0 atom stereocenters. The summed E-state index contributed by atoms with van der Waals surface area (Å²) < 4.78 is 0. The van der Waals surface area contributed by atoms with Crippen molar-refractivity contribution in [2.24, 2.45) is 5.73 Å². The standard InChI is InChI=1S/C13H17N3O2S/c1-9(2)16-12(17)8-15-13(18)11-6-5-10(19-11)4-3-7-14/h5-6,9H,7-8,14H2,1-2H3,(H,15,18)(H,16,17). The van der Waals surface area contributed by atoms with Crippen LogP contribution in [0.2, 0.25) is 0 Å². The molecule has 6 heteroatoms. The van der Waals surface area contributed by atoms with Crippen LogP contribution < -0.4 is 16.4 Å². The molecule has 0 aromatic carbocycles. The van der Waals surface area contributed by atoms with Crippen LogP contribution in [0.3, 0.4) is 0 Å². The Morgan fingerprint density at radius 1 is 1.42 bits per heavy atom. The molecular weight excluding hydrogens is 262 g/mol. The second-order valence-corrected chi connectivity index (χ2v) is 5.16. The Labute approximate surface area is 116 Å². The van der Waals surface area contributed by atoms with Crippen LogP contribution in [0.25, 0.3) is 0 Å². The summed E-state index contributed by atoms with van der Waals surface area (Å²) in [6.07, 6.45) is 0. The second-order valence-electron chi connectivity index (χ2n) is 4.07.